The Bertz CT molecular complexity index is 887. The Morgan fingerprint density at radius 1 is 1.00 bits per heavy atom. The van der Waals surface area contributed by atoms with E-state index in [2.05, 4.69) is 15.6 Å². The molecule has 0 aliphatic rings. The molecule has 0 aliphatic heterocycles. The molecule has 128 valence electrons. The summed E-state index contributed by atoms with van der Waals surface area (Å²) in [6.45, 7) is -0.0602. The van der Waals surface area contributed by atoms with Gasteiger partial charge in [0, 0.05) is 34.2 Å². The van der Waals surface area contributed by atoms with Gasteiger partial charge in [0.1, 0.15) is 0 Å². The van der Waals surface area contributed by atoms with Crippen molar-refractivity contribution in [3.05, 3.63) is 65.3 Å². The second-order valence-corrected chi connectivity index (χ2v) is 6.13. The molecule has 6 heteroatoms. The maximum atomic E-state index is 12.0. The van der Waals surface area contributed by atoms with E-state index < -0.39 is 0 Å². The van der Waals surface area contributed by atoms with Crippen molar-refractivity contribution in [2.24, 2.45) is 0 Å². The Labute approximate surface area is 150 Å². The zero-order valence-electron chi connectivity index (χ0n) is 13.5. The van der Waals surface area contributed by atoms with Gasteiger partial charge in [-0.1, -0.05) is 29.8 Å². The monoisotopic (exact) mass is 355 g/mol. The maximum Gasteiger partial charge on any atom is 0.243 e. The molecule has 0 saturated heterocycles. The van der Waals surface area contributed by atoms with Crippen LogP contribution in [0.5, 0.6) is 0 Å². The van der Waals surface area contributed by atoms with Crippen LogP contribution in [0.4, 0.5) is 5.69 Å². The molecule has 3 rings (SSSR count). The second-order valence-electron chi connectivity index (χ2n) is 5.69. The summed E-state index contributed by atoms with van der Waals surface area (Å²) in [7, 11) is 0. The van der Waals surface area contributed by atoms with Crippen LogP contribution in [0.2, 0.25) is 5.02 Å². The number of H-pyrrole nitrogens is 1. The van der Waals surface area contributed by atoms with Gasteiger partial charge < -0.3 is 15.6 Å². The minimum absolute atomic E-state index is 0.0602. The summed E-state index contributed by atoms with van der Waals surface area (Å²) in [4.78, 5) is 27.0. The number of carbonyl (C=O) groups excluding carboxylic acids is 2. The highest BCUT2D eigenvalue weighted by molar-refractivity contribution is 6.30. The van der Waals surface area contributed by atoms with E-state index in [-0.39, 0.29) is 18.4 Å². The molecule has 3 N–H and O–H groups in total. The van der Waals surface area contributed by atoms with Crippen molar-refractivity contribution in [1.29, 1.82) is 0 Å². The third-order valence-corrected chi connectivity index (χ3v) is 4.12. The minimum atomic E-state index is -0.275. The highest BCUT2D eigenvalue weighted by atomic mass is 35.5. The lowest BCUT2D eigenvalue weighted by molar-refractivity contribution is -0.124. The summed E-state index contributed by atoms with van der Waals surface area (Å²) in [5.41, 5.74) is 2.79. The molecule has 0 bridgehead atoms. The first-order valence-electron chi connectivity index (χ1n) is 7.99. The normalized spacial score (nSPS) is 10.6. The molecule has 0 fully saturated rings. The molecule has 0 aliphatic carbocycles. The van der Waals surface area contributed by atoms with E-state index in [9.17, 15) is 9.59 Å². The van der Waals surface area contributed by atoms with Gasteiger partial charge in [0.05, 0.1) is 6.54 Å². The zero-order chi connectivity index (χ0) is 17.6. The van der Waals surface area contributed by atoms with Crippen molar-refractivity contribution in [2.75, 3.05) is 11.9 Å². The first-order valence-corrected chi connectivity index (χ1v) is 8.37. The van der Waals surface area contributed by atoms with Crippen LogP contribution >= 0.6 is 11.6 Å². The van der Waals surface area contributed by atoms with Gasteiger partial charge in [-0.2, -0.15) is 0 Å². The van der Waals surface area contributed by atoms with Gasteiger partial charge in [0.15, 0.2) is 0 Å². The van der Waals surface area contributed by atoms with Gasteiger partial charge >= 0.3 is 0 Å². The number of aromatic amines is 1. The van der Waals surface area contributed by atoms with Gasteiger partial charge in [-0.3, -0.25) is 9.59 Å². The number of nitrogens with one attached hydrogen (secondary N) is 3. The van der Waals surface area contributed by atoms with E-state index in [4.69, 9.17) is 11.6 Å². The van der Waals surface area contributed by atoms with Crippen LogP contribution in [0.15, 0.2) is 54.7 Å². The number of anilines is 1. The largest absolute Gasteiger partial charge is 0.361 e. The summed E-state index contributed by atoms with van der Waals surface area (Å²) >= 11 is 5.79. The molecule has 0 atom stereocenters. The lowest BCUT2D eigenvalue weighted by Gasteiger charge is -2.07. The van der Waals surface area contributed by atoms with Gasteiger partial charge in [-0.15, -0.1) is 0 Å². The molecule has 0 unspecified atom stereocenters. The molecule has 0 spiro atoms. The zero-order valence-corrected chi connectivity index (χ0v) is 14.3. The molecule has 0 radical (unpaired) electrons. The number of aryl methyl sites for hydroxylation is 1. The number of aromatic nitrogens is 1. The number of carbonyl (C=O) groups is 2. The second kappa shape index (κ2) is 7.85. The molecule has 1 aromatic heterocycles. The highest BCUT2D eigenvalue weighted by Crippen LogP contribution is 2.18. The molecule has 5 nitrogen and oxygen atoms in total. The minimum Gasteiger partial charge on any atom is -0.361 e. The summed E-state index contributed by atoms with van der Waals surface area (Å²) < 4.78 is 0. The van der Waals surface area contributed by atoms with E-state index in [1.165, 1.54) is 0 Å². The average Bonchev–Trinajstić information content (AvgIpc) is 3.03. The summed E-state index contributed by atoms with van der Waals surface area (Å²) in [5, 5.41) is 7.06. The number of rotatable bonds is 6. The topological polar surface area (TPSA) is 74.0 Å². The quantitative estimate of drug-likeness (QED) is 0.633. The fourth-order valence-corrected chi connectivity index (χ4v) is 2.72. The van der Waals surface area contributed by atoms with Crippen molar-refractivity contribution >= 4 is 40.0 Å². The van der Waals surface area contributed by atoms with Crippen LogP contribution < -0.4 is 10.6 Å². The van der Waals surface area contributed by atoms with Crippen LogP contribution in [0.3, 0.4) is 0 Å². The number of para-hydroxylation sites is 1. The van der Waals surface area contributed by atoms with E-state index in [0.29, 0.717) is 23.6 Å². The smallest absolute Gasteiger partial charge is 0.243 e. The molecule has 25 heavy (non-hydrogen) atoms. The number of benzene rings is 2. The number of fused-ring (bicyclic) bond motifs is 1. The van der Waals surface area contributed by atoms with Gasteiger partial charge in [-0.25, -0.2) is 0 Å². The van der Waals surface area contributed by atoms with Crippen molar-refractivity contribution in [1.82, 2.24) is 10.3 Å². The molecule has 1 heterocycles. The fraction of sp³-hybridized carbons (Fsp3) is 0.158. The van der Waals surface area contributed by atoms with Crippen LogP contribution in [-0.2, 0) is 16.0 Å². The Morgan fingerprint density at radius 2 is 1.76 bits per heavy atom. The number of hydrogen-bond acceptors (Lipinski definition) is 2. The fourth-order valence-electron chi connectivity index (χ4n) is 2.59. The average molecular weight is 356 g/mol. The number of hydrogen-bond donors (Lipinski definition) is 3. The van der Waals surface area contributed by atoms with Gasteiger partial charge in [0.25, 0.3) is 0 Å². The third-order valence-electron chi connectivity index (χ3n) is 3.87. The van der Waals surface area contributed by atoms with Crippen molar-refractivity contribution in [2.45, 2.75) is 12.8 Å². The van der Waals surface area contributed by atoms with Crippen LogP contribution in [0.1, 0.15) is 12.0 Å². The maximum absolute atomic E-state index is 12.0. The van der Waals surface area contributed by atoms with Crippen LogP contribution in [-0.4, -0.2) is 23.3 Å². The van der Waals surface area contributed by atoms with Crippen LogP contribution in [0, 0.1) is 0 Å². The Kier molecular flexibility index (Phi) is 5.36. The lowest BCUT2D eigenvalue weighted by Crippen LogP contribution is -2.32. The lowest BCUT2D eigenvalue weighted by atomic mass is 10.1. The Morgan fingerprint density at radius 3 is 2.56 bits per heavy atom. The van der Waals surface area contributed by atoms with Crippen molar-refractivity contribution in [3.63, 3.8) is 0 Å². The highest BCUT2D eigenvalue weighted by Gasteiger charge is 2.08. The number of halogens is 1. The van der Waals surface area contributed by atoms with Crippen molar-refractivity contribution < 1.29 is 9.59 Å². The Hall–Kier alpha value is -2.79. The van der Waals surface area contributed by atoms with Crippen molar-refractivity contribution in [3.8, 4) is 0 Å². The van der Waals surface area contributed by atoms with E-state index in [1.54, 1.807) is 24.3 Å². The molecular weight excluding hydrogens is 338 g/mol. The van der Waals surface area contributed by atoms with E-state index in [1.807, 2.05) is 30.5 Å². The Balaban J connectivity index is 1.44. The third kappa shape index (κ3) is 4.61. The van der Waals surface area contributed by atoms with Crippen LogP contribution in [0.25, 0.3) is 10.9 Å². The predicted octanol–water partition coefficient (Wildman–Crippen LogP) is 3.51. The summed E-state index contributed by atoms with van der Waals surface area (Å²) in [6, 6.07) is 14.8. The summed E-state index contributed by atoms with van der Waals surface area (Å²) in [5.74, 6) is -0.431. The molecular formula is C19H18ClN3O2. The van der Waals surface area contributed by atoms with E-state index in [0.717, 1.165) is 16.5 Å². The molecule has 2 amide bonds. The van der Waals surface area contributed by atoms with Gasteiger partial charge in [0.2, 0.25) is 11.8 Å². The SMILES string of the molecule is O=C(CCc1c[nH]c2ccccc12)NCC(=O)Nc1ccc(Cl)cc1. The number of amides is 2. The summed E-state index contributed by atoms with van der Waals surface area (Å²) in [6.07, 6.45) is 2.87. The first-order chi connectivity index (χ1) is 12.1. The first kappa shape index (κ1) is 17.0. The standard InChI is InChI=1S/C19H18ClN3O2/c20-14-6-8-15(9-7-14)23-19(25)12-22-18(24)10-5-13-11-21-17-4-2-1-3-16(13)17/h1-4,6-9,11,21H,5,10,12H2,(H,22,24)(H,23,25). The molecule has 2 aromatic carbocycles. The van der Waals surface area contributed by atoms with Gasteiger partial charge in [-0.05, 0) is 42.3 Å². The molecule has 0 saturated carbocycles. The molecule has 3 aromatic rings. The van der Waals surface area contributed by atoms with E-state index >= 15 is 0 Å². The predicted molar refractivity (Wildman–Crippen MR) is 99.7 cm³/mol.